The summed E-state index contributed by atoms with van der Waals surface area (Å²) in [4.78, 5) is 13.6. The van der Waals surface area contributed by atoms with Crippen molar-refractivity contribution in [2.75, 3.05) is 7.11 Å². The van der Waals surface area contributed by atoms with Gasteiger partial charge in [-0.1, -0.05) is 66.7 Å². The number of aryl methyl sites for hydroxylation is 1. The first-order chi connectivity index (χ1) is 17.7. The van der Waals surface area contributed by atoms with Crippen molar-refractivity contribution in [3.63, 3.8) is 0 Å². The monoisotopic (exact) mass is 519 g/mol. The lowest BCUT2D eigenvalue weighted by Crippen LogP contribution is -2.33. The zero-order chi connectivity index (χ0) is 26.7. The van der Waals surface area contributed by atoms with E-state index in [1.165, 1.54) is 19.2 Å². The Kier molecular flexibility index (Phi) is 7.66. The first kappa shape index (κ1) is 26.0. The van der Waals surface area contributed by atoms with Gasteiger partial charge in [-0.2, -0.15) is 13.5 Å². The molecule has 0 radical (unpaired) electrons. The molecule has 2 N–H and O–H groups in total. The summed E-state index contributed by atoms with van der Waals surface area (Å²) in [6.07, 6.45) is 0. The van der Waals surface area contributed by atoms with Gasteiger partial charge in [0.15, 0.2) is 11.6 Å². The minimum Gasteiger partial charge on any atom is -0.494 e. The highest BCUT2D eigenvalue weighted by Gasteiger charge is 2.25. The Morgan fingerprint density at radius 3 is 2.35 bits per heavy atom. The number of methoxy groups -OCH3 is 1. The maximum Gasteiger partial charge on any atom is 0.275 e. The summed E-state index contributed by atoms with van der Waals surface area (Å²) in [6.45, 7) is 3.29. The summed E-state index contributed by atoms with van der Waals surface area (Å²) in [5.41, 5.74) is 7.93. The SMILES string of the molecule is COc1cccc(-c2c(C)c(C(c3ccccc3C)=S(=O)=O)nn(CC(N)c3ccccc3)c2=O)c1F. The summed E-state index contributed by atoms with van der Waals surface area (Å²) in [7, 11) is -1.40. The first-order valence-corrected chi connectivity index (χ1v) is 12.6. The minimum atomic E-state index is -2.73. The standard InChI is InChI=1S/C28H26FN3O4S/c1-17-10-7-8-13-20(17)27(37(34)35)26-18(2)24(21-14-9-15-23(36-3)25(21)29)28(33)32(31-26)16-22(30)19-11-5-4-6-12-19/h4-15,22H,16,30H2,1-3H3. The minimum absolute atomic E-state index is 0.0156. The lowest BCUT2D eigenvalue weighted by Gasteiger charge is -2.19. The second kappa shape index (κ2) is 10.9. The van der Waals surface area contributed by atoms with Crippen LogP contribution < -0.4 is 16.0 Å². The predicted octanol–water partition coefficient (Wildman–Crippen LogP) is 3.82. The molecule has 1 aromatic heterocycles. The van der Waals surface area contributed by atoms with E-state index in [9.17, 15) is 13.2 Å². The number of aromatic nitrogens is 2. The Morgan fingerprint density at radius 1 is 1.03 bits per heavy atom. The summed E-state index contributed by atoms with van der Waals surface area (Å²) in [6, 6.07) is 19.9. The number of nitrogens with two attached hydrogens (primary N) is 1. The van der Waals surface area contributed by atoms with Crippen LogP contribution in [0.4, 0.5) is 4.39 Å². The fourth-order valence-corrected chi connectivity index (χ4v) is 5.04. The molecule has 190 valence electrons. The highest BCUT2D eigenvalue weighted by molar-refractivity contribution is 7.74. The summed E-state index contributed by atoms with van der Waals surface area (Å²) < 4.78 is 46.8. The number of hydrogen-bond donors (Lipinski definition) is 1. The molecular weight excluding hydrogens is 493 g/mol. The normalized spacial score (nSPS) is 11.7. The molecule has 0 aliphatic heterocycles. The van der Waals surface area contributed by atoms with E-state index in [1.807, 2.05) is 30.3 Å². The van der Waals surface area contributed by atoms with E-state index in [-0.39, 0.29) is 39.5 Å². The van der Waals surface area contributed by atoms with Crippen molar-refractivity contribution >= 4 is 15.2 Å². The number of hydrogen-bond acceptors (Lipinski definition) is 6. The van der Waals surface area contributed by atoms with Gasteiger partial charge in [0.2, 0.25) is 10.3 Å². The average Bonchev–Trinajstić information content (AvgIpc) is 2.89. The number of halogens is 1. The van der Waals surface area contributed by atoms with Crippen molar-refractivity contribution in [2.24, 2.45) is 5.73 Å². The van der Waals surface area contributed by atoms with Crippen LogP contribution in [0.3, 0.4) is 0 Å². The van der Waals surface area contributed by atoms with Crippen LogP contribution >= 0.6 is 0 Å². The van der Waals surface area contributed by atoms with Gasteiger partial charge >= 0.3 is 0 Å². The van der Waals surface area contributed by atoms with Gasteiger partial charge in [0, 0.05) is 17.2 Å². The summed E-state index contributed by atoms with van der Waals surface area (Å²) >= 11 is 0. The average molecular weight is 520 g/mol. The molecule has 7 nitrogen and oxygen atoms in total. The van der Waals surface area contributed by atoms with Crippen LogP contribution in [0.2, 0.25) is 0 Å². The summed E-state index contributed by atoms with van der Waals surface area (Å²) in [5, 5.41) is 4.48. The molecule has 0 fully saturated rings. The first-order valence-electron chi connectivity index (χ1n) is 11.5. The maximum absolute atomic E-state index is 15.4. The lowest BCUT2D eigenvalue weighted by atomic mass is 9.96. The zero-order valence-corrected chi connectivity index (χ0v) is 21.4. The van der Waals surface area contributed by atoms with E-state index in [0.717, 1.165) is 10.2 Å². The van der Waals surface area contributed by atoms with Gasteiger partial charge in [-0.3, -0.25) is 4.79 Å². The van der Waals surface area contributed by atoms with Gasteiger partial charge in [-0.25, -0.2) is 9.07 Å². The second-order valence-electron chi connectivity index (χ2n) is 8.55. The molecule has 0 saturated heterocycles. The van der Waals surface area contributed by atoms with Crippen LogP contribution in [-0.2, 0) is 16.8 Å². The van der Waals surface area contributed by atoms with Gasteiger partial charge in [0.1, 0.15) is 10.6 Å². The van der Waals surface area contributed by atoms with E-state index in [1.54, 1.807) is 44.2 Å². The van der Waals surface area contributed by atoms with E-state index >= 15 is 4.39 Å². The molecule has 0 aliphatic rings. The summed E-state index contributed by atoms with van der Waals surface area (Å²) in [5.74, 6) is -0.778. The Bertz CT molecular complexity index is 1660. The van der Waals surface area contributed by atoms with Crippen molar-refractivity contribution in [1.29, 1.82) is 0 Å². The highest BCUT2D eigenvalue weighted by atomic mass is 32.2. The predicted molar refractivity (Wildman–Crippen MR) is 142 cm³/mol. The third kappa shape index (κ3) is 5.09. The molecule has 0 spiro atoms. The number of benzene rings is 3. The topological polar surface area (TPSA) is 104 Å². The zero-order valence-electron chi connectivity index (χ0n) is 20.6. The fourth-order valence-electron chi connectivity index (χ4n) is 4.28. The van der Waals surface area contributed by atoms with Gasteiger partial charge in [0.25, 0.3) is 5.56 Å². The molecule has 0 aliphatic carbocycles. The highest BCUT2D eigenvalue weighted by Crippen LogP contribution is 2.30. The van der Waals surface area contributed by atoms with Gasteiger partial charge < -0.3 is 10.5 Å². The lowest BCUT2D eigenvalue weighted by molar-refractivity contribution is 0.387. The Labute approximate surface area is 215 Å². The molecule has 4 rings (SSSR count). The molecular formula is C28H26FN3O4S. The smallest absolute Gasteiger partial charge is 0.275 e. The van der Waals surface area contributed by atoms with Crippen molar-refractivity contribution < 1.29 is 17.5 Å². The molecule has 1 heterocycles. The molecule has 0 amide bonds. The maximum atomic E-state index is 15.4. The van der Waals surface area contributed by atoms with Crippen LogP contribution in [0.5, 0.6) is 5.75 Å². The Hall–Kier alpha value is -4.08. The van der Waals surface area contributed by atoms with Crippen LogP contribution in [0.1, 0.15) is 34.0 Å². The Balaban J connectivity index is 2.04. The van der Waals surface area contributed by atoms with E-state index in [2.05, 4.69) is 5.10 Å². The third-order valence-corrected chi connectivity index (χ3v) is 6.97. The quantitative estimate of drug-likeness (QED) is 0.294. The van der Waals surface area contributed by atoms with Crippen LogP contribution in [0.25, 0.3) is 11.1 Å². The molecule has 1 atom stereocenters. The molecule has 1 unspecified atom stereocenters. The second-order valence-corrected chi connectivity index (χ2v) is 9.43. The molecule has 9 heteroatoms. The molecule has 37 heavy (non-hydrogen) atoms. The van der Waals surface area contributed by atoms with Crippen molar-refractivity contribution in [1.82, 2.24) is 9.78 Å². The molecule has 3 aromatic carbocycles. The van der Waals surface area contributed by atoms with Crippen LogP contribution in [0, 0.1) is 19.7 Å². The number of ether oxygens (including phenoxy) is 1. The van der Waals surface area contributed by atoms with Gasteiger partial charge in [-0.05, 0) is 36.6 Å². The number of nitrogens with zero attached hydrogens (tertiary/aromatic N) is 2. The van der Waals surface area contributed by atoms with E-state index in [0.29, 0.717) is 11.1 Å². The van der Waals surface area contributed by atoms with E-state index in [4.69, 9.17) is 10.5 Å². The third-order valence-electron chi connectivity index (χ3n) is 6.22. The van der Waals surface area contributed by atoms with Gasteiger partial charge in [-0.15, -0.1) is 0 Å². The van der Waals surface area contributed by atoms with Crippen molar-refractivity contribution in [3.05, 3.63) is 117 Å². The van der Waals surface area contributed by atoms with Crippen LogP contribution in [-0.4, -0.2) is 30.2 Å². The molecule has 4 aromatic rings. The largest absolute Gasteiger partial charge is 0.494 e. The number of rotatable bonds is 7. The van der Waals surface area contributed by atoms with Crippen molar-refractivity contribution in [2.45, 2.75) is 26.4 Å². The Morgan fingerprint density at radius 2 is 1.70 bits per heavy atom. The van der Waals surface area contributed by atoms with Gasteiger partial charge in [0.05, 0.1) is 19.2 Å². The molecule has 0 bridgehead atoms. The van der Waals surface area contributed by atoms with Crippen LogP contribution in [0.15, 0.2) is 77.6 Å². The van der Waals surface area contributed by atoms with Crippen molar-refractivity contribution in [3.8, 4) is 16.9 Å². The fraction of sp³-hybridized carbons (Fsp3) is 0.179. The van der Waals surface area contributed by atoms with E-state index < -0.39 is 27.7 Å². The molecule has 0 saturated carbocycles.